The van der Waals surface area contributed by atoms with Crippen molar-refractivity contribution in [2.75, 3.05) is 6.61 Å². The third-order valence-electron chi connectivity index (χ3n) is 3.02. The molecule has 0 aromatic heterocycles. The van der Waals surface area contributed by atoms with Gasteiger partial charge in [-0.2, -0.15) is 0 Å². The van der Waals surface area contributed by atoms with Crippen molar-refractivity contribution < 1.29 is 4.74 Å². The van der Waals surface area contributed by atoms with E-state index in [0.29, 0.717) is 6.10 Å². The maximum Gasteiger partial charge on any atom is 0.0593 e. The van der Waals surface area contributed by atoms with E-state index < -0.39 is 0 Å². The summed E-state index contributed by atoms with van der Waals surface area (Å²) in [6.45, 7) is 0.909. The Balaban J connectivity index is 1.88. The average molecular weight is 205 g/mol. The molecule has 0 radical (unpaired) electrons. The fourth-order valence-corrected chi connectivity index (χ4v) is 2.11. The van der Waals surface area contributed by atoms with Crippen molar-refractivity contribution in [2.24, 2.45) is 5.73 Å². The molecule has 1 fully saturated rings. The predicted molar refractivity (Wildman–Crippen MR) is 61.6 cm³/mol. The fraction of sp³-hybridized carbons (Fsp3) is 0.538. The Bertz CT molecular complexity index is 280. The molecule has 1 aliphatic heterocycles. The molecule has 0 spiro atoms. The molecule has 0 aliphatic carbocycles. The molecule has 15 heavy (non-hydrogen) atoms. The summed E-state index contributed by atoms with van der Waals surface area (Å²) in [7, 11) is 0. The van der Waals surface area contributed by atoms with Crippen LogP contribution in [0.4, 0.5) is 0 Å². The van der Waals surface area contributed by atoms with Gasteiger partial charge in [0.2, 0.25) is 0 Å². The van der Waals surface area contributed by atoms with Crippen molar-refractivity contribution in [1.29, 1.82) is 0 Å². The van der Waals surface area contributed by atoms with Gasteiger partial charge >= 0.3 is 0 Å². The second-order valence-corrected chi connectivity index (χ2v) is 4.24. The van der Waals surface area contributed by atoms with Gasteiger partial charge in [-0.15, -0.1) is 0 Å². The van der Waals surface area contributed by atoms with Crippen LogP contribution in [0.25, 0.3) is 0 Å². The zero-order valence-corrected chi connectivity index (χ0v) is 9.06. The van der Waals surface area contributed by atoms with Gasteiger partial charge in [0.1, 0.15) is 0 Å². The fourth-order valence-electron chi connectivity index (χ4n) is 2.11. The number of hydrogen-bond donors (Lipinski definition) is 1. The van der Waals surface area contributed by atoms with E-state index in [1.54, 1.807) is 0 Å². The van der Waals surface area contributed by atoms with E-state index in [2.05, 4.69) is 12.1 Å². The molecule has 2 heteroatoms. The second kappa shape index (κ2) is 5.29. The first-order valence-corrected chi connectivity index (χ1v) is 5.78. The smallest absolute Gasteiger partial charge is 0.0593 e. The highest BCUT2D eigenvalue weighted by atomic mass is 16.5. The molecule has 1 aromatic rings. The van der Waals surface area contributed by atoms with Crippen LogP contribution in [0.1, 0.15) is 37.3 Å². The molecular formula is C13H19NO. The highest BCUT2D eigenvalue weighted by Gasteiger charge is 2.17. The zero-order valence-electron chi connectivity index (χ0n) is 9.06. The van der Waals surface area contributed by atoms with Crippen molar-refractivity contribution >= 4 is 0 Å². The van der Waals surface area contributed by atoms with Crippen molar-refractivity contribution in [3.8, 4) is 0 Å². The molecule has 1 aliphatic rings. The summed E-state index contributed by atoms with van der Waals surface area (Å²) in [6.07, 6.45) is 4.97. The van der Waals surface area contributed by atoms with Crippen LogP contribution in [0.5, 0.6) is 0 Å². The largest absolute Gasteiger partial charge is 0.378 e. The highest BCUT2D eigenvalue weighted by molar-refractivity contribution is 5.18. The SMILES string of the molecule is NC(CC1CCCCO1)c1ccccc1. The summed E-state index contributed by atoms with van der Waals surface area (Å²) in [5.74, 6) is 0. The second-order valence-electron chi connectivity index (χ2n) is 4.24. The first-order chi connectivity index (χ1) is 7.36. The number of hydrogen-bond acceptors (Lipinski definition) is 2. The minimum atomic E-state index is 0.120. The number of rotatable bonds is 3. The van der Waals surface area contributed by atoms with Gasteiger partial charge in [0.05, 0.1) is 6.10 Å². The third-order valence-corrected chi connectivity index (χ3v) is 3.02. The van der Waals surface area contributed by atoms with Crippen LogP contribution in [0, 0.1) is 0 Å². The maximum absolute atomic E-state index is 6.15. The summed E-state index contributed by atoms with van der Waals surface area (Å²) >= 11 is 0. The van der Waals surface area contributed by atoms with Crippen molar-refractivity contribution in [3.05, 3.63) is 35.9 Å². The molecule has 2 N–H and O–H groups in total. The van der Waals surface area contributed by atoms with Crippen LogP contribution >= 0.6 is 0 Å². The summed E-state index contributed by atoms with van der Waals surface area (Å²) < 4.78 is 5.69. The third kappa shape index (κ3) is 3.05. The van der Waals surface area contributed by atoms with Crippen LogP contribution in [-0.2, 0) is 4.74 Å². The first-order valence-electron chi connectivity index (χ1n) is 5.78. The van der Waals surface area contributed by atoms with Gasteiger partial charge < -0.3 is 10.5 Å². The molecular weight excluding hydrogens is 186 g/mol. The molecule has 2 rings (SSSR count). The van der Waals surface area contributed by atoms with Gasteiger partial charge in [-0.05, 0) is 31.2 Å². The van der Waals surface area contributed by atoms with E-state index in [0.717, 1.165) is 13.0 Å². The Morgan fingerprint density at radius 1 is 1.27 bits per heavy atom. The Labute approximate surface area is 91.4 Å². The maximum atomic E-state index is 6.15. The summed E-state index contributed by atoms with van der Waals surface area (Å²) in [6, 6.07) is 10.4. The minimum absolute atomic E-state index is 0.120. The average Bonchev–Trinajstić information content (AvgIpc) is 2.31. The number of ether oxygens (including phenoxy) is 1. The van der Waals surface area contributed by atoms with Gasteiger partial charge in [-0.1, -0.05) is 30.3 Å². The summed E-state index contributed by atoms with van der Waals surface area (Å²) in [4.78, 5) is 0. The topological polar surface area (TPSA) is 35.2 Å². The van der Waals surface area contributed by atoms with Crippen molar-refractivity contribution in [1.82, 2.24) is 0 Å². The molecule has 0 bridgehead atoms. The molecule has 1 saturated heterocycles. The van der Waals surface area contributed by atoms with Crippen LogP contribution in [0.3, 0.4) is 0 Å². The Hall–Kier alpha value is -0.860. The van der Waals surface area contributed by atoms with Crippen molar-refractivity contribution in [2.45, 2.75) is 37.8 Å². The quantitative estimate of drug-likeness (QED) is 0.823. The molecule has 0 saturated carbocycles. The lowest BCUT2D eigenvalue weighted by Crippen LogP contribution is -2.24. The van der Waals surface area contributed by atoms with Gasteiger partial charge in [-0.3, -0.25) is 0 Å². The van der Waals surface area contributed by atoms with Crippen molar-refractivity contribution in [3.63, 3.8) is 0 Å². The van der Waals surface area contributed by atoms with Crippen LogP contribution in [0.2, 0.25) is 0 Å². The van der Waals surface area contributed by atoms with E-state index in [9.17, 15) is 0 Å². The molecule has 2 nitrogen and oxygen atoms in total. The summed E-state index contributed by atoms with van der Waals surface area (Å²) in [5.41, 5.74) is 7.36. The van der Waals surface area contributed by atoms with E-state index in [1.165, 1.54) is 24.8 Å². The zero-order chi connectivity index (χ0) is 10.5. The molecule has 2 unspecified atom stereocenters. The van der Waals surface area contributed by atoms with E-state index >= 15 is 0 Å². The van der Waals surface area contributed by atoms with E-state index in [4.69, 9.17) is 10.5 Å². The monoisotopic (exact) mass is 205 g/mol. The number of benzene rings is 1. The van der Waals surface area contributed by atoms with Gasteiger partial charge in [0, 0.05) is 12.6 Å². The first kappa shape index (κ1) is 10.7. The molecule has 1 aromatic carbocycles. The standard InChI is InChI=1S/C13H19NO/c14-13(11-6-2-1-3-7-11)10-12-8-4-5-9-15-12/h1-3,6-7,12-13H,4-5,8-10,14H2. The normalized spacial score (nSPS) is 23.7. The molecule has 1 heterocycles. The van der Waals surface area contributed by atoms with Gasteiger partial charge in [-0.25, -0.2) is 0 Å². The molecule has 0 amide bonds. The Kier molecular flexibility index (Phi) is 3.75. The molecule has 2 atom stereocenters. The minimum Gasteiger partial charge on any atom is -0.378 e. The van der Waals surface area contributed by atoms with Crippen LogP contribution in [-0.4, -0.2) is 12.7 Å². The van der Waals surface area contributed by atoms with Crippen LogP contribution < -0.4 is 5.73 Å². The van der Waals surface area contributed by atoms with E-state index in [-0.39, 0.29) is 6.04 Å². The van der Waals surface area contributed by atoms with E-state index in [1.807, 2.05) is 18.2 Å². The Morgan fingerprint density at radius 3 is 2.73 bits per heavy atom. The Morgan fingerprint density at radius 2 is 2.07 bits per heavy atom. The number of nitrogens with two attached hydrogens (primary N) is 1. The highest BCUT2D eigenvalue weighted by Crippen LogP contribution is 2.22. The van der Waals surface area contributed by atoms with Gasteiger partial charge in [0.25, 0.3) is 0 Å². The lowest BCUT2D eigenvalue weighted by Gasteiger charge is -2.25. The van der Waals surface area contributed by atoms with Gasteiger partial charge in [0.15, 0.2) is 0 Å². The lowest BCUT2D eigenvalue weighted by atomic mass is 9.97. The summed E-state index contributed by atoms with van der Waals surface area (Å²) in [5, 5.41) is 0. The van der Waals surface area contributed by atoms with Crippen LogP contribution in [0.15, 0.2) is 30.3 Å². The molecule has 82 valence electrons. The lowest BCUT2D eigenvalue weighted by molar-refractivity contribution is 0.00729. The predicted octanol–water partition coefficient (Wildman–Crippen LogP) is 2.65.